The van der Waals surface area contributed by atoms with Crippen molar-refractivity contribution in [1.82, 2.24) is 24.8 Å². The fourth-order valence-electron chi connectivity index (χ4n) is 4.63. The summed E-state index contributed by atoms with van der Waals surface area (Å²) in [4.78, 5) is 18.0. The minimum Gasteiger partial charge on any atom is -0.490 e. The van der Waals surface area contributed by atoms with Crippen LogP contribution in [-0.4, -0.2) is 64.3 Å². The molecule has 1 saturated heterocycles. The van der Waals surface area contributed by atoms with E-state index >= 15 is 0 Å². The molecule has 1 fully saturated rings. The van der Waals surface area contributed by atoms with Crippen LogP contribution in [0.5, 0.6) is 5.75 Å². The molecule has 0 atom stereocenters. The van der Waals surface area contributed by atoms with E-state index in [9.17, 15) is 0 Å². The first kappa shape index (κ1) is 22.4. The van der Waals surface area contributed by atoms with E-state index < -0.39 is 0 Å². The molecule has 6 rings (SSSR count). The van der Waals surface area contributed by atoms with E-state index in [1.165, 1.54) is 5.39 Å². The number of hydrogen-bond acceptors (Lipinski definition) is 7. The van der Waals surface area contributed by atoms with Gasteiger partial charge in [0.2, 0.25) is 5.95 Å². The van der Waals surface area contributed by atoms with Crippen molar-refractivity contribution >= 4 is 39.3 Å². The number of anilines is 3. The first-order valence-corrected chi connectivity index (χ1v) is 12.2. The summed E-state index contributed by atoms with van der Waals surface area (Å²) >= 11 is 0. The van der Waals surface area contributed by atoms with Crippen LogP contribution in [0.1, 0.15) is 11.1 Å². The lowest BCUT2D eigenvalue weighted by atomic mass is 10.1. The maximum atomic E-state index is 6.36. The van der Waals surface area contributed by atoms with Crippen molar-refractivity contribution in [3.8, 4) is 5.75 Å². The molecule has 0 radical (unpaired) electrons. The van der Waals surface area contributed by atoms with Crippen LogP contribution in [0.25, 0.3) is 21.8 Å². The number of fused-ring (bicyclic) bond motifs is 2. The molecule has 5 aromatic rings. The molecule has 0 unspecified atom stereocenters. The highest BCUT2D eigenvalue weighted by Crippen LogP contribution is 2.35. The Labute approximate surface area is 208 Å². The summed E-state index contributed by atoms with van der Waals surface area (Å²) in [5, 5.41) is 5.53. The third-order valence-electron chi connectivity index (χ3n) is 6.61. The van der Waals surface area contributed by atoms with E-state index in [0.717, 1.165) is 71.8 Å². The van der Waals surface area contributed by atoms with E-state index in [4.69, 9.17) is 15.2 Å². The Hall–Kier alpha value is -4.08. The van der Waals surface area contributed by atoms with Gasteiger partial charge in [-0.3, -0.25) is 4.90 Å². The standard InChI is InChI=1S/C27H29N7O2/c28-26-20(16-18-1-2-22-19(15-18)5-7-29-22)17-31-27(33-26)32-25-21-6-8-30-23(21)3-4-24(25)36-14-11-34-9-12-35-13-10-34/h1-8,15,17,29-30H,9-14,16H2,(H3,28,31,32,33). The smallest absolute Gasteiger partial charge is 0.229 e. The van der Waals surface area contributed by atoms with Gasteiger partial charge >= 0.3 is 0 Å². The predicted molar refractivity (Wildman–Crippen MR) is 142 cm³/mol. The zero-order valence-corrected chi connectivity index (χ0v) is 20.0. The molecular weight excluding hydrogens is 454 g/mol. The van der Waals surface area contributed by atoms with Gasteiger partial charge in [0.05, 0.1) is 18.9 Å². The molecule has 0 amide bonds. The summed E-state index contributed by atoms with van der Waals surface area (Å²) < 4.78 is 11.6. The van der Waals surface area contributed by atoms with Gasteiger partial charge in [-0.25, -0.2) is 4.98 Å². The van der Waals surface area contributed by atoms with Gasteiger partial charge in [-0.1, -0.05) is 6.07 Å². The molecule has 1 aliphatic rings. The molecule has 1 aliphatic heterocycles. The van der Waals surface area contributed by atoms with Crippen LogP contribution in [0.4, 0.5) is 17.5 Å². The molecule has 9 heteroatoms. The van der Waals surface area contributed by atoms with Crippen LogP contribution >= 0.6 is 0 Å². The van der Waals surface area contributed by atoms with E-state index in [2.05, 4.69) is 54.4 Å². The molecule has 5 N–H and O–H groups in total. The number of morpholine rings is 1. The maximum absolute atomic E-state index is 6.36. The Balaban J connectivity index is 1.20. The summed E-state index contributed by atoms with van der Waals surface area (Å²) in [5.41, 5.74) is 11.3. The van der Waals surface area contributed by atoms with Crippen molar-refractivity contribution in [1.29, 1.82) is 0 Å². The second-order valence-electron chi connectivity index (χ2n) is 8.99. The molecule has 0 bridgehead atoms. The van der Waals surface area contributed by atoms with Gasteiger partial charge in [0.1, 0.15) is 18.2 Å². The van der Waals surface area contributed by atoms with Gasteiger partial charge in [-0.05, 0) is 47.3 Å². The van der Waals surface area contributed by atoms with E-state index in [-0.39, 0.29) is 0 Å². The van der Waals surface area contributed by atoms with Gasteiger partial charge in [0.15, 0.2) is 0 Å². The third kappa shape index (κ3) is 4.71. The molecule has 0 spiro atoms. The monoisotopic (exact) mass is 483 g/mol. The number of hydrogen-bond donors (Lipinski definition) is 4. The molecule has 9 nitrogen and oxygen atoms in total. The fraction of sp³-hybridized carbons (Fsp3) is 0.259. The Morgan fingerprint density at radius 2 is 1.86 bits per heavy atom. The number of ether oxygens (including phenoxy) is 2. The van der Waals surface area contributed by atoms with Crippen LogP contribution in [0.2, 0.25) is 0 Å². The number of benzene rings is 2. The average molecular weight is 484 g/mol. The summed E-state index contributed by atoms with van der Waals surface area (Å²) in [6.07, 6.45) is 6.31. The Morgan fingerprint density at radius 1 is 1.03 bits per heavy atom. The Morgan fingerprint density at radius 3 is 2.75 bits per heavy atom. The summed E-state index contributed by atoms with van der Waals surface area (Å²) in [5.74, 6) is 1.64. The largest absolute Gasteiger partial charge is 0.490 e. The molecule has 4 heterocycles. The van der Waals surface area contributed by atoms with E-state index in [0.29, 0.717) is 24.8 Å². The van der Waals surface area contributed by atoms with Crippen LogP contribution in [0.15, 0.2) is 61.1 Å². The van der Waals surface area contributed by atoms with Gasteiger partial charge in [0, 0.05) is 66.6 Å². The van der Waals surface area contributed by atoms with Crippen molar-refractivity contribution in [2.24, 2.45) is 0 Å². The van der Waals surface area contributed by atoms with Crippen molar-refractivity contribution < 1.29 is 9.47 Å². The lowest BCUT2D eigenvalue weighted by molar-refractivity contribution is 0.0323. The van der Waals surface area contributed by atoms with Gasteiger partial charge in [0.25, 0.3) is 0 Å². The maximum Gasteiger partial charge on any atom is 0.229 e. The van der Waals surface area contributed by atoms with Crippen molar-refractivity contribution in [3.63, 3.8) is 0 Å². The number of H-pyrrole nitrogens is 2. The van der Waals surface area contributed by atoms with Crippen LogP contribution in [-0.2, 0) is 11.2 Å². The topological polar surface area (TPSA) is 117 Å². The minimum atomic E-state index is 0.434. The number of nitrogens with one attached hydrogen (secondary N) is 3. The minimum absolute atomic E-state index is 0.434. The number of nitrogens with two attached hydrogens (primary N) is 1. The highest BCUT2D eigenvalue weighted by molar-refractivity contribution is 5.96. The third-order valence-corrected chi connectivity index (χ3v) is 6.61. The predicted octanol–water partition coefficient (Wildman–Crippen LogP) is 4.07. The molecule has 0 saturated carbocycles. The normalized spacial score (nSPS) is 14.4. The van der Waals surface area contributed by atoms with Crippen molar-refractivity contribution in [2.45, 2.75) is 6.42 Å². The number of nitrogens with zero attached hydrogens (tertiary/aromatic N) is 3. The fourth-order valence-corrected chi connectivity index (χ4v) is 4.63. The Kier molecular flexibility index (Phi) is 6.15. The van der Waals surface area contributed by atoms with Crippen molar-refractivity contribution in [2.75, 3.05) is 50.5 Å². The van der Waals surface area contributed by atoms with Crippen LogP contribution in [0, 0.1) is 0 Å². The van der Waals surface area contributed by atoms with Gasteiger partial charge in [-0.15, -0.1) is 0 Å². The number of rotatable bonds is 8. The SMILES string of the molecule is Nc1nc(Nc2c(OCCN3CCOCC3)ccc3[nH]ccc23)ncc1Cc1ccc2[nH]ccc2c1. The van der Waals surface area contributed by atoms with Gasteiger partial charge < -0.3 is 30.5 Å². The Bertz CT molecular complexity index is 1490. The second kappa shape index (κ2) is 9.88. The number of aromatic amines is 2. The summed E-state index contributed by atoms with van der Waals surface area (Å²) in [6.45, 7) is 4.85. The number of aromatic nitrogens is 4. The van der Waals surface area contributed by atoms with E-state index in [1.54, 1.807) is 6.20 Å². The van der Waals surface area contributed by atoms with Gasteiger partial charge in [-0.2, -0.15) is 4.98 Å². The quantitative estimate of drug-likeness (QED) is 0.263. The highest BCUT2D eigenvalue weighted by atomic mass is 16.5. The zero-order chi connectivity index (χ0) is 24.3. The molecule has 184 valence electrons. The first-order valence-electron chi connectivity index (χ1n) is 12.2. The summed E-state index contributed by atoms with van der Waals surface area (Å²) in [7, 11) is 0. The van der Waals surface area contributed by atoms with Crippen LogP contribution in [0.3, 0.4) is 0 Å². The van der Waals surface area contributed by atoms with Crippen molar-refractivity contribution in [3.05, 3.63) is 72.2 Å². The summed E-state index contributed by atoms with van der Waals surface area (Å²) in [6, 6.07) is 14.4. The van der Waals surface area contributed by atoms with E-state index in [1.807, 2.05) is 30.6 Å². The second-order valence-corrected chi connectivity index (χ2v) is 8.99. The van der Waals surface area contributed by atoms with Crippen LogP contribution < -0.4 is 15.8 Å². The first-order chi connectivity index (χ1) is 17.7. The highest BCUT2D eigenvalue weighted by Gasteiger charge is 2.15. The molecule has 36 heavy (non-hydrogen) atoms. The number of nitrogen functional groups attached to an aromatic ring is 1. The molecule has 2 aromatic carbocycles. The lowest BCUT2D eigenvalue weighted by Crippen LogP contribution is -2.38. The molecule has 3 aromatic heterocycles. The zero-order valence-electron chi connectivity index (χ0n) is 20.0. The lowest BCUT2D eigenvalue weighted by Gasteiger charge is -2.26. The molecule has 0 aliphatic carbocycles. The average Bonchev–Trinajstić information content (AvgIpc) is 3.57. The molecular formula is C27H29N7O2.